The first-order valence-electron chi connectivity index (χ1n) is 8.15. The van der Waals surface area contributed by atoms with E-state index < -0.39 is 11.6 Å². The molecule has 0 aromatic heterocycles. The first-order chi connectivity index (χ1) is 11.3. The second kappa shape index (κ2) is 7.66. The number of rotatable bonds is 4. The third-order valence-electron chi connectivity index (χ3n) is 4.06. The molecule has 6 nitrogen and oxygen atoms in total. The van der Waals surface area contributed by atoms with Crippen LogP contribution in [0.1, 0.15) is 31.1 Å². The van der Waals surface area contributed by atoms with Crippen LogP contribution in [0.5, 0.6) is 0 Å². The van der Waals surface area contributed by atoms with Crippen LogP contribution in [0.2, 0.25) is 0 Å². The lowest BCUT2D eigenvalue weighted by atomic mass is 10.0. The summed E-state index contributed by atoms with van der Waals surface area (Å²) in [4.78, 5) is 28.5. The van der Waals surface area contributed by atoms with E-state index in [-0.39, 0.29) is 12.3 Å². The molecule has 2 rings (SSSR count). The molecule has 0 radical (unpaired) electrons. The number of ether oxygens (including phenoxy) is 2. The van der Waals surface area contributed by atoms with Gasteiger partial charge >= 0.3 is 6.09 Å². The Bertz CT molecular complexity index is 589. The highest BCUT2D eigenvalue weighted by atomic mass is 16.5. The maximum atomic E-state index is 12.9. The lowest BCUT2D eigenvalue weighted by molar-refractivity contribution is 0.0696. The van der Waals surface area contributed by atoms with Crippen LogP contribution in [0.4, 0.5) is 10.5 Å². The van der Waals surface area contributed by atoms with Gasteiger partial charge in [0.1, 0.15) is 0 Å². The summed E-state index contributed by atoms with van der Waals surface area (Å²) >= 11 is 0. The summed E-state index contributed by atoms with van der Waals surface area (Å²) in [7, 11) is 1.33. The van der Waals surface area contributed by atoms with Gasteiger partial charge in [-0.2, -0.15) is 0 Å². The fraction of sp³-hybridized carbons (Fsp3) is 0.556. The van der Waals surface area contributed by atoms with Crippen LogP contribution in [-0.2, 0) is 9.47 Å². The van der Waals surface area contributed by atoms with Crippen molar-refractivity contribution < 1.29 is 19.1 Å². The molecule has 132 valence electrons. The van der Waals surface area contributed by atoms with Crippen molar-refractivity contribution in [2.75, 3.05) is 44.9 Å². The molecule has 24 heavy (non-hydrogen) atoms. The molecule has 0 atom stereocenters. The molecule has 1 aliphatic rings. The fourth-order valence-electron chi connectivity index (χ4n) is 2.70. The Hall–Kier alpha value is -2.08. The summed E-state index contributed by atoms with van der Waals surface area (Å²) in [6.45, 7) is 8.44. The molecule has 1 aliphatic heterocycles. The second-order valence-electron chi connectivity index (χ2n) is 6.77. The van der Waals surface area contributed by atoms with Gasteiger partial charge in [0.25, 0.3) is 0 Å². The Morgan fingerprint density at radius 3 is 2.42 bits per heavy atom. The molecule has 1 fully saturated rings. The number of hydrogen-bond donors (Lipinski definition) is 0. The molecule has 0 saturated carbocycles. The van der Waals surface area contributed by atoms with Gasteiger partial charge in [-0.25, -0.2) is 4.79 Å². The first kappa shape index (κ1) is 18.3. The van der Waals surface area contributed by atoms with Crippen molar-refractivity contribution in [1.82, 2.24) is 4.90 Å². The van der Waals surface area contributed by atoms with Crippen LogP contribution >= 0.6 is 0 Å². The van der Waals surface area contributed by atoms with Gasteiger partial charge in [-0.1, -0.05) is 12.1 Å². The number of morpholine rings is 1. The molecular weight excluding hydrogens is 308 g/mol. The van der Waals surface area contributed by atoms with Crippen LogP contribution in [-0.4, -0.2) is 62.3 Å². The molecule has 1 heterocycles. The number of benzene rings is 1. The van der Waals surface area contributed by atoms with E-state index in [1.165, 1.54) is 12.0 Å². The first-order valence-corrected chi connectivity index (χ1v) is 8.15. The van der Waals surface area contributed by atoms with Crippen LogP contribution in [0.3, 0.4) is 0 Å². The average molecular weight is 334 g/mol. The zero-order valence-electron chi connectivity index (χ0n) is 14.9. The topological polar surface area (TPSA) is 59.1 Å². The number of hydrogen-bond acceptors (Lipinski definition) is 5. The van der Waals surface area contributed by atoms with E-state index >= 15 is 0 Å². The summed E-state index contributed by atoms with van der Waals surface area (Å²) in [5.74, 6) is -0.0996. The highest BCUT2D eigenvalue weighted by Crippen LogP contribution is 2.23. The Balaban J connectivity index is 2.24. The van der Waals surface area contributed by atoms with Gasteiger partial charge in [-0.15, -0.1) is 0 Å². The van der Waals surface area contributed by atoms with Crippen LogP contribution < -0.4 is 4.90 Å². The number of carbonyl (C=O) groups excluding carboxylic acids is 2. The van der Waals surface area contributed by atoms with E-state index in [0.29, 0.717) is 18.8 Å². The summed E-state index contributed by atoms with van der Waals surface area (Å²) < 4.78 is 10.2. The monoisotopic (exact) mass is 334 g/mol. The SMILES string of the molecule is COC(=O)N(CC(=O)c1ccccc1N1CCOCC1)C(C)(C)C. The number of ketones is 1. The fourth-order valence-corrected chi connectivity index (χ4v) is 2.70. The van der Waals surface area contributed by atoms with Crippen molar-refractivity contribution in [3.63, 3.8) is 0 Å². The van der Waals surface area contributed by atoms with E-state index in [1.807, 2.05) is 45.0 Å². The van der Waals surface area contributed by atoms with E-state index in [9.17, 15) is 9.59 Å². The molecule has 0 aliphatic carbocycles. The minimum atomic E-state index is -0.503. The zero-order valence-corrected chi connectivity index (χ0v) is 14.9. The number of para-hydroxylation sites is 1. The third-order valence-corrected chi connectivity index (χ3v) is 4.06. The standard InChI is InChI=1S/C18H26N2O4/c1-18(2,3)20(17(22)23-4)13-16(21)14-7-5-6-8-15(14)19-9-11-24-12-10-19/h5-8H,9-13H2,1-4H3. The van der Waals surface area contributed by atoms with Crippen molar-refractivity contribution in [2.24, 2.45) is 0 Å². The van der Waals surface area contributed by atoms with E-state index in [1.54, 1.807) is 0 Å². The molecule has 6 heteroatoms. The van der Waals surface area contributed by atoms with Gasteiger partial charge < -0.3 is 14.4 Å². The third kappa shape index (κ3) is 4.26. The predicted octanol–water partition coefficient (Wildman–Crippen LogP) is 2.57. The molecule has 0 bridgehead atoms. The quantitative estimate of drug-likeness (QED) is 0.792. The highest BCUT2D eigenvalue weighted by Gasteiger charge is 2.30. The van der Waals surface area contributed by atoms with Crippen molar-refractivity contribution in [1.29, 1.82) is 0 Å². The maximum Gasteiger partial charge on any atom is 0.410 e. The van der Waals surface area contributed by atoms with Crippen LogP contribution in [0.15, 0.2) is 24.3 Å². The van der Waals surface area contributed by atoms with Crippen LogP contribution in [0, 0.1) is 0 Å². The normalized spacial score (nSPS) is 15.1. The van der Waals surface area contributed by atoms with E-state index in [4.69, 9.17) is 9.47 Å². The Morgan fingerprint density at radius 1 is 1.21 bits per heavy atom. The van der Waals surface area contributed by atoms with Gasteiger partial charge in [-0.05, 0) is 32.9 Å². The number of carbonyl (C=O) groups is 2. The molecule has 1 saturated heterocycles. The highest BCUT2D eigenvalue weighted by molar-refractivity contribution is 6.03. The largest absolute Gasteiger partial charge is 0.453 e. The minimum absolute atomic E-state index is 0.0163. The number of methoxy groups -OCH3 is 1. The Morgan fingerprint density at radius 2 is 1.83 bits per heavy atom. The molecule has 1 amide bonds. The number of Topliss-reactive ketones (excluding diaryl/α,β-unsaturated/α-hetero) is 1. The van der Waals surface area contributed by atoms with Crippen molar-refractivity contribution in [2.45, 2.75) is 26.3 Å². The molecule has 1 aromatic rings. The molecule has 0 N–H and O–H groups in total. The summed E-state index contributed by atoms with van der Waals surface area (Å²) in [6, 6.07) is 7.52. The van der Waals surface area contributed by atoms with Crippen LogP contribution in [0.25, 0.3) is 0 Å². The molecule has 1 aromatic carbocycles. The smallest absolute Gasteiger partial charge is 0.410 e. The number of nitrogens with zero attached hydrogens (tertiary/aromatic N) is 2. The maximum absolute atomic E-state index is 12.9. The molecular formula is C18H26N2O4. The summed E-state index contributed by atoms with van der Waals surface area (Å²) in [6.07, 6.45) is -0.500. The second-order valence-corrected chi connectivity index (χ2v) is 6.77. The van der Waals surface area contributed by atoms with Gasteiger partial charge in [-0.3, -0.25) is 9.69 Å². The van der Waals surface area contributed by atoms with Gasteiger partial charge in [0.05, 0.1) is 26.9 Å². The lowest BCUT2D eigenvalue weighted by Crippen LogP contribution is -2.48. The van der Waals surface area contributed by atoms with Gasteiger partial charge in [0.15, 0.2) is 5.78 Å². The van der Waals surface area contributed by atoms with Crippen molar-refractivity contribution >= 4 is 17.6 Å². The Kier molecular flexibility index (Phi) is 5.83. The number of amides is 1. The minimum Gasteiger partial charge on any atom is -0.453 e. The number of anilines is 1. The summed E-state index contributed by atoms with van der Waals surface area (Å²) in [5, 5.41) is 0. The predicted molar refractivity (Wildman–Crippen MR) is 92.7 cm³/mol. The lowest BCUT2D eigenvalue weighted by Gasteiger charge is -2.34. The van der Waals surface area contributed by atoms with Gasteiger partial charge in [0.2, 0.25) is 0 Å². The van der Waals surface area contributed by atoms with E-state index in [2.05, 4.69) is 4.90 Å². The van der Waals surface area contributed by atoms with Gasteiger partial charge in [0, 0.05) is 29.9 Å². The van der Waals surface area contributed by atoms with E-state index in [0.717, 1.165) is 18.8 Å². The zero-order chi connectivity index (χ0) is 17.7. The molecule has 0 spiro atoms. The Labute approximate surface area is 143 Å². The van der Waals surface area contributed by atoms with Crippen molar-refractivity contribution in [3.8, 4) is 0 Å². The molecule has 0 unspecified atom stereocenters. The average Bonchev–Trinajstić information content (AvgIpc) is 2.58. The van der Waals surface area contributed by atoms with Crippen molar-refractivity contribution in [3.05, 3.63) is 29.8 Å². The summed E-state index contributed by atoms with van der Waals surface area (Å²) in [5.41, 5.74) is 1.01.